The van der Waals surface area contributed by atoms with Gasteiger partial charge < -0.3 is 9.84 Å². The Balaban J connectivity index is 1.95. The molecular weight excluding hydrogens is 454 g/mol. The third kappa shape index (κ3) is 4.00. The van der Waals surface area contributed by atoms with Gasteiger partial charge in [-0.05, 0) is 48.5 Å². The van der Waals surface area contributed by atoms with Crippen LogP contribution in [0.1, 0.15) is 22.7 Å². The van der Waals surface area contributed by atoms with Gasteiger partial charge in [-0.15, -0.1) is 0 Å². The van der Waals surface area contributed by atoms with Gasteiger partial charge in [0.2, 0.25) is 0 Å². The van der Waals surface area contributed by atoms with Gasteiger partial charge in [0.05, 0.1) is 24.3 Å². The lowest BCUT2D eigenvalue weighted by atomic mass is 9.94. The zero-order valence-electron chi connectivity index (χ0n) is 17.6. The highest BCUT2D eigenvalue weighted by atomic mass is 19.4. The van der Waals surface area contributed by atoms with Crippen molar-refractivity contribution in [2.45, 2.75) is 12.2 Å². The van der Waals surface area contributed by atoms with Crippen LogP contribution < -0.4 is 9.64 Å². The molecule has 0 radical (unpaired) electrons. The quantitative estimate of drug-likeness (QED) is 0.237. The number of nitrogens with zero attached hydrogens (tertiary/aromatic N) is 1. The second-order valence-corrected chi connectivity index (χ2v) is 7.47. The molecule has 3 aromatic carbocycles. The summed E-state index contributed by atoms with van der Waals surface area (Å²) in [6, 6.07) is 13.4. The van der Waals surface area contributed by atoms with Crippen LogP contribution >= 0.6 is 0 Å². The molecule has 0 aromatic heterocycles. The fraction of sp³-hybridized carbons (Fsp3) is 0.120. The lowest BCUT2D eigenvalue weighted by Gasteiger charge is -2.26. The number of Topliss-reactive ketones (excluding diaryl/α,β-unsaturated/α-hetero) is 1. The molecule has 0 saturated carbocycles. The molecule has 1 fully saturated rings. The maximum atomic E-state index is 14.8. The number of benzene rings is 3. The van der Waals surface area contributed by atoms with E-state index >= 15 is 0 Å². The van der Waals surface area contributed by atoms with E-state index in [1.54, 1.807) is 0 Å². The Morgan fingerprint density at radius 1 is 0.971 bits per heavy atom. The molecule has 9 heteroatoms. The van der Waals surface area contributed by atoms with Gasteiger partial charge in [-0.2, -0.15) is 13.2 Å². The molecule has 1 heterocycles. The Bertz CT molecular complexity index is 1300. The van der Waals surface area contributed by atoms with Gasteiger partial charge in [0.15, 0.2) is 0 Å². The molecule has 0 bridgehead atoms. The monoisotopic (exact) mass is 471 g/mol. The molecule has 1 aliphatic rings. The number of rotatable bonds is 4. The van der Waals surface area contributed by atoms with E-state index in [9.17, 15) is 32.3 Å². The third-order valence-corrected chi connectivity index (χ3v) is 5.46. The summed E-state index contributed by atoms with van der Waals surface area (Å²) in [7, 11) is 1.44. The van der Waals surface area contributed by atoms with Gasteiger partial charge >= 0.3 is 6.18 Å². The van der Waals surface area contributed by atoms with Crippen LogP contribution in [-0.2, 0) is 15.8 Å². The molecule has 0 spiro atoms. The van der Waals surface area contributed by atoms with E-state index in [1.165, 1.54) is 55.6 Å². The van der Waals surface area contributed by atoms with E-state index in [4.69, 9.17) is 4.74 Å². The molecule has 3 aromatic rings. The van der Waals surface area contributed by atoms with Crippen molar-refractivity contribution in [3.05, 3.63) is 101 Å². The number of hydrogen-bond acceptors (Lipinski definition) is 4. The molecule has 1 N–H and O–H groups in total. The summed E-state index contributed by atoms with van der Waals surface area (Å²) in [5.74, 6) is -3.27. The first-order valence-electron chi connectivity index (χ1n) is 10.0. The van der Waals surface area contributed by atoms with Crippen molar-refractivity contribution in [3.8, 4) is 5.75 Å². The van der Waals surface area contributed by atoms with Gasteiger partial charge in [0, 0.05) is 16.8 Å². The molecule has 1 aliphatic heterocycles. The second kappa shape index (κ2) is 8.66. The lowest BCUT2D eigenvalue weighted by molar-refractivity contribution is -0.137. The number of aliphatic hydroxyl groups is 1. The Morgan fingerprint density at radius 2 is 1.65 bits per heavy atom. The van der Waals surface area contributed by atoms with Crippen LogP contribution in [0.15, 0.2) is 78.4 Å². The topological polar surface area (TPSA) is 66.8 Å². The van der Waals surface area contributed by atoms with Gasteiger partial charge in [-0.25, -0.2) is 4.39 Å². The first kappa shape index (κ1) is 23.0. The zero-order chi connectivity index (χ0) is 24.6. The number of anilines is 1. The number of halogens is 4. The number of carbonyl (C=O) groups is 2. The maximum absolute atomic E-state index is 14.8. The van der Waals surface area contributed by atoms with Crippen molar-refractivity contribution in [1.82, 2.24) is 0 Å². The first-order valence-corrected chi connectivity index (χ1v) is 10.0. The normalized spacial score (nSPS) is 17.8. The molecule has 0 unspecified atom stereocenters. The largest absolute Gasteiger partial charge is 0.507 e. The number of methoxy groups -OCH3 is 1. The maximum Gasteiger partial charge on any atom is 0.416 e. The van der Waals surface area contributed by atoms with Gasteiger partial charge in [-0.1, -0.05) is 24.3 Å². The number of carbonyl (C=O) groups excluding carboxylic acids is 2. The van der Waals surface area contributed by atoms with E-state index in [1.807, 2.05) is 0 Å². The van der Waals surface area contributed by atoms with Crippen LogP contribution in [-0.4, -0.2) is 23.9 Å². The third-order valence-electron chi connectivity index (χ3n) is 5.46. The van der Waals surface area contributed by atoms with Crippen LogP contribution in [0.3, 0.4) is 0 Å². The van der Waals surface area contributed by atoms with Gasteiger partial charge in [0.1, 0.15) is 17.3 Å². The highest BCUT2D eigenvalue weighted by Gasteiger charge is 2.48. The molecular formula is C25H17F4NO4. The van der Waals surface area contributed by atoms with E-state index in [2.05, 4.69) is 0 Å². The summed E-state index contributed by atoms with van der Waals surface area (Å²) in [6.45, 7) is 0. The van der Waals surface area contributed by atoms with Crippen molar-refractivity contribution in [2.75, 3.05) is 12.0 Å². The van der Waals surface area contributed by atoms with Crippen LogP contribution in [0.25, 0.3) is 5.76 Å². The molecule has 174 valence electrons. The lowest BCUT2D eigenvalue weighted by Crippen LogP contribution is -2.30. The van der Waals surface area contributed by atoms with Crippen molar-refractivity contribution < 1.29 is 37.0 Å². The fourth-order valence-electron chi connectivity index (χ4n) is 3.83. The molecule has 1 saturated heterocycles. The SMILES string of the molecule is COc1ccc(C(O)=C2C(=O)C(=O)N(c3cccc(C(F)(F)F)c3)[C@H]2c2ccccc2F)cc1. The summed E-state index contributed by atoms with van der Waals surface area (Å²) < 4.78 is 59.8. The number of alkyl halides is 3. The van der Waals surface area contributed by atoms with Crippen LogP contribution in [0.4, 0.5) is 23.2 Å². The molecule has 5 nitrogen and oxygen atoms in total. The highest BCUT2D eigenvalue weighted by Crippen LogP contribution is 2.44. The Labute approximate surface area is 191 Å². The minimum absolute atomic E-state index is 0.143. The number of ketones is 1. The van der Waals surface area contributed by atoms with Gasteiger partial charge in [0.25, 0.3) is 11.7 Å². The summed E-state index contributed by atoms with van der Waals surface area (Å²) >= 11 is 0. The van der Waals surface area contributed by atoms with Crippen LogP contribution in [0.5, 0.6) is 5.75 Å². The zero-order valence-corrected chi connectivity index (χ0v) is 17.6. The first-order chi connectivity index (χ1) is 16.1. The Morgan fingerprint density at radius 3 is 2.26 bits per heavy atom. The smallest absolute Gasteiger partial charge is 0.416 e. The molecule has 4 rings (SSSR count). The van der Waals surface area contributed by atoms with Crippen molar-refractivity contribution in [3.63, 3.8) is 0 Å². The predicted octanol–water partition coefficient (Wildman–Crippen LogP) is 5.48. The molecule has 1 atom stereocenters. The summed E-state index contributed by atoms with van der Waals surface area (Å²) in [5.41, 5.74) is -1.77. The van der Waals surface area contributed by atoms with Crippen molar-refractivity contribution in [1.29, 1.82) is 0 Å². The standard InChI is InChI=1S/C25H17F4NO4/c1-34-17-11-9-14(10-12-17)22(31)20-21(18-7-2-3-8-19(18)26)30(24(33)23(20)32)16-6-4-5-15(13-16)25(27,28)29/h2-13,21,31H,1H3/t21-/m0/s1. The summed E-state index contributed by atoms with van der Waals surface area (Å²) in [5, 5.41) is 11.0. The predicted molar refractivity (Wildman–Crippen MR) is 116 cm³/mol. The highest BCUT2D eigenvalue weighted by molar-refractivity contribution is 6.51. The number of hydrogen-bond donors (Lipinski definition) is 1. The van der Waals surface area contributed by atoms with E-state index in [-0.39, 0.29) is 16.8 Å². The average molecular weight is 471 g/mol. The van der Waals surface area contributed by atoms with Crippen molar-refractivity contribution >= 4 is 23.1 Å². The summed E-state index contributed by atoms with van der Waals surface area (Å²) in [4.78, 5) is 26.8. The Kier molecular flexibility index (Phi) is 5.87. The van der Waals surface area contributed by atoms with E-state index in [0.29, 0.717) is 11.8 Å². The summed E-state index contributed by atoms with van der Waals surface area (Å²) in [6.07, 6.45) is -4.71. The fourth-order valence-corrected chi connectivity index (χ4v) is 3.83. The number of aliphatic hydroxyl groups excluding tert-OH is 1. The van der Waals surface area contributed by atoms with E-state index < -0.39 is 46.6 Å². The number of ether oxygens (including phenoxy) is 1. The molecule has 34 heavy (non-hydrogen) atoms. The Hall–Kier alpha value is -4.14. The van der Waals surface area contributed by atoms with E-state index in [0.717, 1.165) is 23.1 Å². The van der Waals surface area contributed by atoms with Crippen LogP contribution in [0, 0.1) is 5.82 Å². The van der Waals surface area contributed by atoms with Crippen molar-refractivity contribution in [2.24, 2.45) is 0 Å². The minimum Gasteiger partial charge on any atom is -0.507 e. The van der Waals surface area contributed by atoms with Gasteiger partial charge in [-0.3, -0.25) is 14.5 Å². The molecule has 1 amide bonds. The molecule has 0 aliphatic carbocycles. The average Bonchev–Trinajstić information content (AvgIpc) is 3.08. The van der Waals surface area contributed by atoms with Crippen LogP contribution in [0.2, 0.25) is 0 Å². The minimum atomic E-state index is -4.71. The number of amides is 1. The second-order valence-electron chi connectivity index (χ2n) is 7.47.